The molecule has 1 unspecified atom stereocenters. The number of thiazole rings is 1. The zero-order valence-corrected chi connectivity index (χ0v) is 27.9. The van der Waals surface area contributed by atoms with Crippen LogP contribution in [-0.4, -0.2) is 65.9 Å². The Hall–Kier alpha value is -5.29. The minimum absolute atomic E-state index is 0.187. The van der Waals surface area contributed by atoms with Crippen LogP contribution >= 0.6 is 11.3 Å². The molecule has 0 spiro atoms. The summed E-state index contributed by atoms with van der Waals surface area (Å²) >= 11 is 1.69. The predicted octanol–water partition coefficient (Wildman–Crippen LogP) is 6.04. The molecule has 0 bridgehead atoms. The molecule has 48 heavy (non-hydrogen) atoms. The number of ether oxygens (including phenoxy) is 1. The van der Waals surface area contributed by atoms with Crippen molar-refractivity contribution in [1.82, 2.24) is 20.2 Å². The number of aromatic nitrogens is 2. The number of hydrogen-bond donors (Lipinski definition) is 2. The van der Waals surface area contributed by atoms with Gasteiger partial charge in [-0.05, 0) is 85.0 Å². The quantitative estimate of drug-likeness (QED) is 0.138. The molecule has 10 nitrogen and oxygen atoms in total. The second-order valence-corrected chi connectivity index (χ2v) is 13.4. The first-order chi connectivity index (χ1) is 23.2. The fourth-order valence-corrected chi connectivity index (χ4v) is 7.29. The van der Waals surface area contributed by atoms with Crippen LogP contribution in [0.4, 0.5) is 11.5 Å². The van der Waals surface area contributed by atoms with Gasteiger partial charge in [-0.2, -0.15) is 0 Å². The van der Waals surface area contributed by atoms with E-state index in [9.17, 15) is 14.4 Å². The summed E-state index contributed by atoms with van der Waals surface area (Å²) in [4.78, 5) is 49.8. The summed E-state index contributed by atoms with van der Waals surface area (Å²) in [5.41, 5.74) is 7.93. The first-order valence-electron chi connectivity index (χ1n) is 16.0. The molecule has 1 saturated heterocycles. The maximum Gasteiger partial charge on any atom is 0.255 e. The van der Waals surface area contributed by atoms with Crippen molar-refractivity contribution in [1.29, 1.82) is 0 Å². The number of aryl methyl sites for hydroxylation is 1. The van der Waals surface area contributed by atoms with Crippen LogP contribution in [0.3, 0.4) is 0 Å². The van der Waals surface area contributed by atoms with Gasteiger partial charge in [0.25, 0.3) is 5.91 Å². The lowest BCUT2D eigenvalue weighted by molar-refractivity contribution is -0.136. The molecule has 3 amide bonds. The topological polar surface area (TPSA) is 117 Å². The van der Waals surface area contributed by atoms with Crippen LogP contribution in [0.5, 0.6) is 5.75 Å². The highest BCUT2D eigenvalue weighted by molar-refractivity contribution is 7.21. The number of carbonyl (C=O) groups excluding carboxylic acids is 3. The highest BCUT2D eigenvalue weighted by Crippen LogP contribution is 2.35. The van der Waals surface area contributed by atoms with Crippen molar-refractivity contribution in [2.75, 3.05) is 37.5 Å². The van der Waals surface area contributed by atoms with E-state index in [1.54, 1.807) is 28.4 Å². The summed E-state index contributed by atoms with van der Waals surface area (Å²) < 4.78 is 7.12. The summed E-state index contributed by atoms with van der Waals surface area (Å²) in [5, 5.41) is 6.83. The molecular weight excluding hydrogens is 625 g/mol. The minimum Gasteiger partial charge on any atom is -0.494 e. The smallest absolute Gasteiger partial charge is 0.255 e. The average molecular weight is 661 g/mol. The molecule has 0 radical (unpaired) electrons. The molecule has 2 aromatic heterocycles. The van der Waals surface area contributed by atoms with Crippen molar-refractivity contribution in [2.24, 2.45) is 0 Å². The van der Waals surface area contributed by atoms with Gasteiger partial charge in [-0.15, -0.1) is 11.3 Å². The number of benzene rings is 3. The standard InChI is InChI=1S/C37H36N6O4S/c1-22-17-23(24-6-13-33(39-20-24)42(2)3)5-9-28(22)36-40-30-11-7-26(19-32(30)48-36)38-15-4-16-47-27-8-10-29-25(18-27)21-43(37(29)46)31-12-14-34(44)41-35(31)45/h5-11,13,17-20,31,38H,4,12,14-16,21H2,1-3H3,(H,41,44,45). The van der Waals surface area contributed by atoms with E-state index in [1.165, 1.54) is 5.56 Å². The van der Waals surface area contributed by atoms with Gasteiger partial charge in [-0.1, -0.05) is 18.2 Å². The molecule has 2 N–H and O–H groups in total. The molecule has 0 aliphatic carbocycles. The lowest BCUT2D eigenvalue weighted by Crippen LogP contribution is -2.52. The van der Waals surface area contributed by atoms with E-state index in [1.807, 2.05) is 37.3 Å². The Labute approximate surface area is 282 Å². The number of nitrogens with one attached hydrogen (secondary N) is 2. The third-order valence-corrected chi connectivity index (χ3v) is 9.85. The Balaban J connectivity index is 0.925. The van der Waals surface area contributed by atoms with Crippen molar-refractivity contribution in [2.45, 2.75) is 38.8 Å². The largest absolute Gasteiger partial charge is 0.494 e. The third kappa shape index (κ3) is 6.33. The molecule has 1 fully saturated rings. The van der Waals surface area contributed by atoms with Crippen LogP contribution in [-0.2, 0) is 16.1 Å². The number of pyridine rings is 1. The second kappa shape index (κ2) is 13.1. The van der Waals surface area contributed by atoms with E-state index in [0.717, 1.165) is 61.9 Å². The van der Waals surface area contributed by atoms with Crippen LogP contribution in [0.25, 0.3) is 31.9 Å². The molecule has 3 aromatic carbocycles. The number of fused-ring (bicyclic) bond motifs is 2. The number of hydrogen-bond acceptors (Lipinski definition) is 9. The van der Waals surface area contributed by atoms with Gasteiger partial charge in [0.1, 0.15) is 22.6 Å². The molecule has 2 aliphatic heterocycles. The van der Waals surface area contributed by atoms with Crippen molar-refractivity contribution in [3.05, 3.63) is 89.6 Å². The summed E-state index contributed by atoms with van der Waals surface area (Å²) in [6.07, 6.45) is 3.28. The van der Waals surface area contributed by atoms with Gasteiger partial charge in [0.2, 0.25) is 11.8 Å². The normalized spacial score (nSPS) is 15.9. The summed E-state index contributed by atoms with van der Waals surface area (Å²) in [6, 6.07) is 21.7. The predicted molar refractivity (Wildman–Crippen MR) is 188 cm³/mol. The van der Waals surface area contributed by atoms with Gasteiger partial charge >= 0.3 is 0 Å². The van der Waals surface area contributed by atoms with E-state index in [0.29, 0.717) is 30.9 Å². The summed E-state index contributed by atoms with van der Waals surface area (Å²) in [7, 11) is 3.97. The maximum absolute atomic E-state index is 12.9. The molecule has 0 saturated carbocycles. The van der Waals surface area contributed by atoms with Crippen LogP contribution in [0, 0.1) is 6.92 Å². The zero-order valence-electron chi connectivity index (χ0n) is 27.1. The van der Waals surface area contributed by atoms with Crippen molar-refractivity contribution in [3.63, 3.8) is 0 Å². The highest BCUT2D eigenvalue weighted by atomic mass is 32.1. The fraction of sp³-hybridized carbons (Fsp3) is 0.270. The third-order valence-electron chi connectivity index (χ3n) is 8.80. The molecular formula is C37H36N6O4S. The average Bonchev–Trinajstić information content (AvgIpc) is 3.64. The fourth-order valence-electron chi connectivity index (χ4n) is 6.19. The Bertz CT molecular complexity index is 2040. The van der Waals surface area contributed by atoms with Crippen molar-refractivity contribution in [3.8, 4) is 27.4 Å². The number of nitrogens with zero attached hydrogens (tertiary/aromatic N) is 4. The maximum atomic E-state index is 12.9. The summed E-state index contributed by atoms with van der Waals surface area (Å²) in [5.74, 6) is 0.728. The number of rotatable bonds is 10. The minimum atomic E-state index is -0.625. The van der Waals surface area contributed by atoms with E-state index in [2.05, 4.69) is 65.0 Å². The Morgan fingerprint density at radius 1 is 1.00 bits per heavy atom. The molecule has 7 rings (SSSR count). The lowest BCUT2D eigenvalue weighted by atomic mass is 10.0. The molecule has 4 heterocycles. The Kier molecular flexibility index (Phi) is 8.53. The zero-order chi connectivity index (χ0) is 33.4. The van der Waals surface area contributed by atoms with E-state index < -0.39 is 11.9 Å². The second-order valence-electron chi connectivity index (χ2n) is 12.4. The number of anilines is 2. The van der Waals surface area contributed by atoms with Crippen LogP contribution in [0.1, 0.15) is 40.7 Å². The molecule has 2 aliphatic rings. The molecule has 5 aromatic rings. The molecule has 11 heteroatoms. The van der Waals surface area contributed by atoms with Crippen LogP contribution in [0.2, 0.25) is 0 Å². The van der Waals surface area contributed by atoms with Gasteiger partial charge < -0.3 is 19.9 Å². The van der Waals surface area contributed by atoms with Gasteiger partial charge in [0.05, 0.1) is 16.8 Å². The Morgan fingerprint density at radius 2 is 1.83 bits per heavy atom. The lowest BCUT2D eigenvalue weighted by Gasteiger charge is -2.29. The first-order valence-corrected chi connectivity index (χ1v) is 16.8. The first kappa shape index (κ1) is 31.3. The Morgan fingerprint density at radius 3 is 2.60 bits per heavy atom. The number of piperidine rings is 1. The van der Waals surface area contributed by atoms with Gasteiger partial charge in [-0.3, -0.25) is 19.7 Å². The van der Waals surface area contributed by atoms with Crippen molar-refractivity contribution >= 4 is 50.8 Å². The van der Waals surface area contributed by atoms with Crippen molar-refractivity contribution < 1.29 is 19.1 Å². The van der Waals surface area contributed by atoms with E-state index in [-0.39, 0.29) is 18.2 Å². The van der Waals surface area contributed by atoms with Gasteiger partial charge in [-0.25, -0.2) is 9.97 Å². The van der Waals surface area contributed by atoms with Crippen LogP contribution < -0.4 is 20.3 Å². The van der Waals surface area contributed by atoms with Gasteiger partial charge in [0, 0.05) is 62.2 Å². The summed E-state index contributed by atoms with van der Waals surface area (Å²) in [6.45, 7) is 3.69. The number of amides is 3. The van der Waals surface area contributed by atoms with E-state index >= 15 is 0 Å². The number of carbonyl (C=O) groups is 3. The van der Waals surface area contributed by atoms with Gasteiger partial charge in [0.15, 0.2) is 0 Å². The monoisotopic (exact) mass is 660 g/mol. The SMILES string of the molecule is Cc1cc(-c2ccc(N(C)C)nc2)ccc1-c1nc2ccc(NCCCOc3ccc4c(c3)CN(C3CCC(=O)NC3=O)C4=O)cc2s1. The molecule has 244 valence electrons. The van der Waals surface area contributed by atoms with E-state index in [4.69, 9.17) is 9.72 Å². The number of imide groups is 1. The highest BCUT2D eigenvalue weighted by Gasteiger charge is 2.39. The molecule has 1 atom stereocenters. The van der Waals surface area contributed by atoms with Crippen LogP contribution in [0.15, 0.2) is 72.9 Å².